The van der Waals surface area contributed by atoms with Gasteiger partial charge in [0.15, 0.2) is 0 Å². The number of ether oxygens (including phenoxy) is 1. The van der Waals surface area contributed by atoms with Crippen LogP contribution in [0.1, 0.15) is 43.5 Å². The van der Waals surface area contributed by atoms with Crippen molar-refractivity contribution in [2.24, 2.45) is 0 Å². The molecule has 11 heteroatoms. The number of nitrogens with zero attached hydrogens (tertiary/aromatic N) is 1. The molecule has 0 radical (unpaired) electrons. The number of fused-ring (bicyclic) bond motifs is 3. The molecule has 3 aromatic rings. The first-order valence-corrected chi connectivity index (χ1v) is 12.3. The van der Waals surface area contributed by atoms with Crippen LogP contribution in [-0.4, -0.2) is 53.9 Å². The lowest BCUT2D eigenvalue weighted by molar-refractivity contribution is 0.0507. The number of carbonyl (C=O) groups is 1. The van der Waals surface area contributed by atoms with Crippen LogP contribution < -0.4 is 10.4 Å². The number of hydrogen-bond donors (Lipinski definition) is 3. The molecule has 9 nitrogen and oxygen atoms in total. The largest absolute Gasteiger partial charge is 0.462 e. The van der Waals surface area contributed by atoms with Gasteiger partial charge in [0, 0.05) is 41.1 Å². The van der Waals surface area contributed by atoms with Crippen molar-refractivity contribution in [3.8, 4) is 0 Å². The van der Waals surface area contributed by atoms with Crippen LogP contribution in [0.15, 0.2) is 34.1 Å². The Kier molecular flexibility index (Phi) is 6.30. The van der Waals surface area contributed by atoms with E-state index in [-0.39, 0.29) is 41.2 Å². The van der Waals surface area contributed by atoms with Gasteiger partial charge in [-0.05, 0) is 56.2 Å². The van der Waals surface area contributed by atoms with Gasteiger partial charge < -0.3 is 14.7 Å². The molecule has 1 fully saturated rings. The molecule has 1 aliphatic carbocycles. The number of aromatic nitrogens is 2. The molecule has 2 aromatic heterocycles. The van der Waals surface area contributed by atoms with Crippen LogP contribution in [0.5, 0.6) is 0 Å². The minimum Gasteiger partial charge on any atom is -0.462 e. The lowest BCUT2D eigenvalue weighted by atomic mass is 10.1. The van der Waals surface area contributed by atoms with Gasteiger partial charge in [0.2, 0.25) is 10.0 Å². The van der Waals surface area contributed by atoms with E-state index in [1.807, 2.05) is 6.92 Å². The third-order valence-electron chi connectivity index (χ3n) is 5.47. The summed E-state index contributed by atoms with van der Waals surface area (Å²) >= 11 is 5.69. The standard InChI is InChI=1S/C21H25ClN4O5S/c1-3-8-31-21(28)16-10-23-19-18(16)15-9-14(6-7-17(15)24-20(19)27)32(29,30)26(13-4-5-13)11-12(2)25-22/h6-7,9-10,12-13,23,25H,3-5,8,11H2,1-2H3,(H,24,27)/t12-/m0/s1. The van der Waals surface area contributed by atoms with Gasteiger partial charge in [-0.15, -0.1) is 0 Å². The topological polar surface area (TPSA) is 124 Å². The van der Waals surface area contributed by atoms with E-state index in [0.29, 0.717) is 22.7 Å². The summed E-state index contributed by atoms with van der Waals surface area (Å²) in [5, 5.41) is 0.792. The van der Waals surface area contributed by atoms with Crippen LogP contribution in [0, 0.1) is 0 Å². The highest BCUT2D eigenvalue weighted by molar-refractivity contribution is 7.89. The van der Waals surface area contributed by atoms with E-state index in [0.717, 1.165) is 12.8 Å². The first-order valence-electron chi connectivity index (χ1n) is 10.5. The van der Waals surface area contributed by atoms with Crippen LogP contribution >= 0.6 is 11.8 Å². The SMILES string of the molecule is CCCOC(=O)c1c[nH]c2c(=O)[nH]c3ccc(S(=O)(=O)N(C[C@H](C)NCl)C4CC4)cc3c12. The Labute approximate surface area is 190 Å². The second-order valence-corrected chi connectivity index (χ2v) is 10.2. The normalized spacial score (nSPS) is 15.5. The third-order valence-corrected chi connectivity index (χ3v) is 7.76. The van der Waals surface area contributed by atoms with Gasteiger partial charge in [-0.1, -0.05) is 6.92 Å². The molecular weight excluding hydrogens is 456 g/mol. The second kappa shape index (κ2) is 8.86. The summed E-state index contributed by atoms with van der Waals surface area (Å²) in [6, 6.07) is 4.22. The minimum atomic E-state index is -3.83. The van der Waals surface area contributed by atoms with Gasteiger partial charge in [0.25, 0.3) is 5.56 Å². The van der Waals surface area contributed by atoms with Crippen LogP contribution in [0.4, 0.5) is 0 Å². The number of carbonyl (C=O) groups excluding carboxylic acids is 1. The summed E-state index contributed by atoms with van der Waals surface area (Å²) in [4.78, 5) is 33.3. The number of nitrogens with one attached hydrogen (secondary N) is 3. The fraction of sp³-hybridized carbons (Fsp3) is 0.429. The lowest BCUT2D eigenvalue weighted by Gasteiger charge is -2.24. The minimum absolute atomic E-state index is 0.0643. The van der Waals surface area contributed by atoms with E-state index >= 15 is 0 Å². The Bertz CT molecular complexity index is 1330. The average molecular weight is 481 g/mol. The van der Waals surface area contributed by atoms with Crippen molar-refractivity contribution in [3.63, 3.8) is 0 Å². The maximum atomic E-state index is 13.5. The van der Waals surface area contributed by atoms with Gasteiger partial charge >= 0.3 is 5.97 Å². The molecule has 1 atom stereocenters. The summed E-state index contributed by atoms with van der Waals surface area (Å²) < 4.78 is 33.7. The molecule has 2 heterocycles. The van der Waals surface area contributed by atoms with Crippen molar-refractivity contribution in [1.82, 2.24) is 19.1 Å². The van der Waals surface area contributed by atoms with Crippen molar-refractivity contribution in [1.29, 1.82) is 0 Å². The van der Waals surface area contributed by atoms with Gasteiger partial charge in [0.05, 0.1) is 17.1 Å². The zero-order chi connectivity index (χ0) is 23.0. The quantitative estimate of drug-likeness (QED) is 0.319. The number of rotatable bonds is 9. The molecule has 1 aromatic carbocycles. The first-order chi connectivity index (χ1) is 15.3. The second-order valence-electron chi connectivity index (χ2n) is 8.07. The van der Waals surface area contributed by atoms with E-state index in [2.05, 4.69) is 14.8 Å². The van der Waals surface area contributed by atoms with Crippen molar-refractivity contribution < 1.29 is 17.9 Å². The molecule has 0 unspecified atom stereocenters. The number of H-pyrrole nitrogens is 2. The molecule has 0 amide bonds. The van der Waals surface area contributed by atoms with E-state index in [1.165, 1.54) is 22.6 Å². The summed E-state index contributed by atoms with van der Waals surface area (Å²) in [6.07, 6.45) is 3.67. The number of benzene rings is 1. The van der Waals surface area contributed by atoms with Crippen molar-refractivity contribution in [3.05, 3.63) is 40.3 Å². The molecule has 1 aliphatic rings. The zero-order valence-corrected chi connectivity index (χ0v) is 19.3. The summed E-state index contributed by atoms with van der Waals surface area (Å²) in [5.74, 6) is -0.570. The Balaban J connectivity index is 1.86. The molecule has 3 N–H and O–H groups in total. The van der Waals surface area contributed by atoms with E-state index in [1.54, 1.807) is 13.0 Å². The number of pyridine rings is 1. The smallest absolute Gasteiger partial charge is 0.340 e. The molecule has 32 heavy (non-hydrogen) atoms. The molecule has 0 saturated heterocycles. The van der Waals surface area contributed by atoms with Crippen molar-refractivity contribution in [2.45, 2.75) is 50.1 Å². The highest BCUT2D eigenvalue weighted by Crippen LogP contribution is 2.34. The molecule has 0 aliphatic heterocycles. The fourth-order valence-corrected chi connectivity index (χ4v) is 5.62. The maximum Gasteiger partial charge on any atom is 0.340 e. The molecule has 0 spiro atoms. The predicted octanol–water partition coefficient (Wildman–Crippen LogP) is 2.86. The maximum absolute atomic E-state index is 13.5. The van der Waals surface area contributed by atoms with Crippen LogP contribution in [-0.2, 0) is 14.8 Å². The van der Waals surface area contributed by atoms with E-state index in [4.69, 9.17) is 16.5 Å². The number of aromatic amines is 2. The van der Waals surface area contributed by atoms with Crippen molar-refractivity contribution in [2.75, 3.05) is 13.2 Å². The van der Waals surface area contributed by atoms with Gasteiger partial charge in [0.1, 0.15) is 5.52 Å². The van der Waals surface area contributed by atoms with E-state index in [9.17, 15) is 18.0 Å². The average Bonchev–Trinajstić information content (AvgIpc) is 3.51. The van der Waals surface area contributed by atoms with Gasteiger partial charge in [-0.2, -0.15) is 4.31 Å². The van der Waals surface area contributed by atoms with Crippen LogP contribution in [0.2, 0.25) is 0 Å². The molecule has 172 valence electrons. The predicted molar refractivity (Wildman–Crippen MR) is 122 cm³/mol. The molecule has 1 saturated carbocycles. The zero-order valence-electron chi connectivity index (χ0n) is 17.8. The Morgan fingerprint density at radius 1 is 1.38 bits per heavy atom. The fourth-order valence-electron chi connectivity index (χ4n) is 3.75. The Hall–Kier alpha value is -2.40. The number of hydrogen-bond acceptors (Lipinski definition) is 6. The number of esters is 1. The lowest BCUT2D eigenvalue weighted by Crippen LogP contribution is -2.41. The van der Waals surface area contributed by atoms with E-state index < -0.39 is 21.6 Å². The summed E-state index contributed by atoms with van der Waals surface area (Å²) in [7, 11) is -3.83. The molecule has 0 bridgehead atoms. The van der Waals surface area contributed by atoms with Crippen molar-refractivity contribution >= 4 is 49.6 Å². The van der Waals surface area contributed by atoms with Crippen LogP contribution in [0.25, 0.3) is 21.8 Å². The first kappa shape index (κ1) is 22.8. The summed E-state index contributed by atoms with van der Waals surface area (Å²) in [6.45, 7) is 4.16. The molecular formula is C21H25ClN4O5S. The number of sulfonamides is 1. The highest BCUT2D eigenvalue weighted by atomic mass is 35.5. The Morgan fingerprint density at radius 2 is 2.12 bits per heavy atom. The number of halogens is 1. The van der Waals surface area contributed by atoms with Gasteiger partial charge in [-0.3, -0.25) is 4.79 Å². The third kappa shape index (κ3) is 4.15. The van der Waals surface area contributed by atoms with Gasteiger partial charge in [-0.25, -0.2) is 18.0 Å². The molecule has 4 rings (SSSR count). The summed E-state index contributed by atoms with van der Waals surface area (Å²) in [5.41, 5.74) is 0.409. The highest BCUT2D eigenvalue weighted by Gasteiger charge is 2.39. The monoisotopic (exact) mass is 480 g/mol. The Morgan fingerprint density at radius 3 is 2.78 bits per heavy atom. The van der Waals surface area contributed by atoms with Crippen LogP contribution in [0.3, 0.4) is 0 Å².